The zero-order valence-electron chi connectivity index (χ0n) is 13.0. The lowest BCUT2D eigenvalue weighted by molar-refractivity contribution is -0.142. The maximum absolute atomic E-state index is 12.3. The molecule has 0 spiro atoms. The Labute approximate surface area is 124 Å². The number of amides is 3. The maximum Gasteiger partial charge on any atom is 0.326 e. The van der Waals surface area contributed by atoms with E-state index in [1.54, 1.807) is 20.8 Å². The molecule has 120 valence electrons. The Kier molecular flexibility index (Phi) is 5.20. The Morgan fingerprint density at radius 2 is 1.86 bits per heavy atom. The van der Waals surface area contributed by atoms with Crippen molar-refractivity contribution in [3.05, 3.63) is 0 Å². The molecule has 1 fully saturated rings. The van der Waals surface area contributed by atoms with Crippen molar-refractivity contribution in [2.75, 3.05) is 6.54 Å². The van der Waals surface area contributed by atoms with Crippen molar-refractivity contribution >= 4 is 17.9 Å². The van der Waals surface area contributed by atoms with E-state index in [-0.39, 0.29) is 18.5 Å². The molecule has 7 nitrogen and oxygen atoms in total. The van der Waals surface area contributed by atoms with Crippen molar-refractivity contribution in [1.82, 2.24) is 10.2 Å². The highest BCUT2D eigenvalue weighted by Crippen LogP contribution is 2.23. The Hall–Kier alpha value is -1.79. The van der Waals surface area contributed by atoms with Crippen LogP contribution < -0.4 is 11.1 Å². The van der Waals surface area contributed by atoms with Crippen LogP contribution in [0.5, 0.6) is 0 Å². The predicted molar refractivity (Wildman–Crippen MR) is 77.5 cm³/mol. The fraction of sp³-hybridized carbons (Fsp3) is 0.786. The number of rotatable bonds is 3. The summed E-state index contributed by atoms with van der Waals surface area (Å²) in [5.41, 5.74) is 4.69. The summed E-state index contributed by atoms with van der Waals surface area (Å²) in [6.07, 6.45) is 1.33. The van der Waals surface area contributed by atoms with Gasteiger partial charge in [-0.25, -0.2) is 9.59 Å². The normalized spacial score (nSPS) is 24.3. The van der Waals surface area contributed by atoms with Crippen LogP contribution in [0.2, 0.25) is 0 Å². The van der Waals surface area contributed by atoms with Crippen LogP contribution in [0.1, 0.15) is 40.5 Å². The van der Waals surface area contributed by atoms with Crippen LogP contribution in [-0.2, 0) is 9.59 Å². The van der Waals surface area contributed by atoms with Crippen LogP contribution in [-0.4, -0.2) is 46.5 Å². The van der Waals surface area contributed by atoms with Crippen molar-refractivity contribution < 1.29 is 19.5 Å². The van der Waals surface area contributed by atoms with Crippen molar-refractivity contribution in [3.8, 4) is 0 Å². The first-order valence-electron chi connectivity index (χ1n) is 7.13. The molecule has 0 radical (unpaired) electrons. The van der Waals surface area contributed by atoms with Gasteiger partial charge in [0.25, 0.3) is 0 Å². The fourth-order valence-electron chi connectivity index (χ4n) is 2.48. The number of nitrogens with one attached hydrogen (secondary N) is 1. The van der Waals surface area contributed by atoms with E-state index >= 15 is 0 Å². The molecular formula is C14H25N3O4. The van der Waals surface area contributed by atoms with Crippen LogP contribution in [0.15, 0.2) is 0 Å². The van der Waals surface area contributed by atoms with E-state index in [0.717, 1.165) is 0 Å². The molecular weight excluding hydrogens is 274 g/mol. The van der Waals surface area contributed by atoms with E-state index in [1.807, 2.05) is 6.92 Å². The molecule has 0 aromatic rings. The average molecular weight is 299 g/mol. The molecule has 0 aromatic carbocycles. The Bertz CT molecular complexity index is 430. The van der Waals surface area contributed by atoms with E-state index in [0.29, 0.717) is 12.8 Å². The second-order valence-electron chi connectivity index (χ2n) is 6.76. The standard InChI is InChI=1S/C14H25N3O4/c1-8-5-6-9(11(15)18)7-17(8)13(21)16-10(12(19)20)14(2,3)4/h8-10H,5-7H2,1-4H3,(H2,15,18)(H,16,21)(H,19,20)/t8?,9?,10-/m1/s1. The summed E-state index contributed by atoms with van der Waals surface area (Å²) in [7, 11) is 0. The summed E-state index contributed by atoms with van der Waals surface area (Å²) < 4.78 is 0. The topological polar surface area (TPSA) is 113 Å². The lowest BCUT2D eigenvalue weighted by atomic mass is 9.87. The third-order valence-corrected chi connectivity index (χ3v) is 3.93. The van der Waals surface area contributed by atoms with Gasteiger partial charge in [-0.05, 0) is 25.2 Å². The van der Waals surface area contributed by atoms with Crippen LogP contribution in [0.4, 0.5) is 4.79 Å². The van der Waals surface area contributed by atoms with Crippen molar-refractivity contribution in [1.29, 1.82) is 0 Å². The first-order chi connectivity index (χ1) is 9.54. The van der Waals surface area contributed by atoms with Gasteiger partial charge in [0.05, 0.1) is 5.92 Å². The van der Waals surface area contributed by atoms with Gasteiger partial charge in [0, 0.05) is 12.6 Å². The molecule has 0 aliphatic carbocycles. The summed E-state index contributed by atoms with van der Waals surface area (Å²) in [5.74, 6) is -1.87. The summed E-state index contributed by atoms with van der Waals surface area (Å²) >= 11 is 0. The molecule has 3 atom stereocenters. The highest BCUT2D eigenvalue weighted by atomic mass is 16.4. The molecule has 1 saturated heterocycles. The van der Waals surface area contributed by atoms with Crippen LogP contribution >= 0.6 is 0 Å². The summed E-state index contributed by atoms with van der Waals surface area (Å²) in [6, 6.07) is -1.50. The number of aliphatic carboxylic acids is 1. The minimum absolute atomic E-state index is 0.0463. The van der Waals surface area contributed by atoms with Gasteiger partial charge in [-0.1, -0.05) is 20.8 Å². The molecule has 4 N–H and O–H groups in total. The Balaban J connectivity index is 2.81. The number of hydrogen-bond donors (Lipinski definition) is 3. The van der Waals surface area contributed by atoms with Crippen molar-refractivity contribution in [2.45, 2.75) is 52.6 Å². The van der Waals surface area contributed by atoms with Crippen molar-refractivity contribution in [3.63, 3.8) is 0 Å². The van der Waals surface area contributed by atoms with Crippen molar-refractivity contribution in [2.24, 2.45) is 17.1 Å². The van der Waals surface area contributed by atoms with Crippen LogP contribution in [0.25, 0.3) is 0 Å². The number of piperidine rings is 1. The smallest absolute Gasteiger partial charge is 0.326 e. The van der Waals surface area contributed by atoms with Gasteiger partial charge >= 0.3 is 12.0 Å². The SMILES string of the molecule is CC1CCC(C(N)=O)CN1C(=O)N[C@H](C(=O)O)C(C)(C)C. The zero-order valence-corrected chi connectivity index (χ0v) is 13.0. The predicted octanol–water partition coefficient (Wildman–Crippen LogP) is 0.781. The number of carboxylic acid groups (broad SMARTS) is 1. The molecule has 1 rings (SSSR count). The number of urea groups is 1. The summed E-state index contributed by atoms with van der Waals surface area (Å²) in [6.45, 7) is 7.36. The number of hydrogen-bond acceptors (Lipinski definition) is 3. The van der Waals surface area contributed by atoms with Crippen LogP contribution in [0.3, 0.4) is 0 Å². The van der Waals surface area contributed by atoms with Crippen LogP contribution in [0, 0.1) is 11.3 Å². The highest BCUT2D eigenvalue weighted by molar-refractivity contribution is 5.84. The zero-order chi connectivity index (χ0) is 16.4. The van der Waals surface area contributed by atoms with Gasteiger partial charge in [0.1, 0.15) is 6.04 Å². The van der Waals surface area contributed by atoms with E-state index in [2.05, 4.69) is 5.32 Å². The number of likely N-dealkylation sites (tertiary alicyclic amines) is 1. The fourth-order valence-corrected chi connectivity index (χ4v) is 2.48. The van der Waals surface area contributed by atoms with E-state index < -0.39 is 29.4 Å². The molecule has 0 bridgehead atoms. The third kappa shape index (κ3) is 4.34. The van der Waals surface area contributed by atoms with Gasteiger partial charge in [0.15, 0.2) is 0 Å². The molecule has 2 unspecified atom stereocenters. The third-order valence-electron chi connectivity index (χ3n) is 3.93. The molecule has 0 aromatic heterocycles. The summed E-state index contributed by atoms with van der Waals surface area (Å²) in [5, 5.41) is 11.8. The quantitative estimate of drug-likeness (QED) is 0.714. The lowest BCUT2D eigenvalue weighted by Crippen LogP contribution is -2.57. The van der Waals surface area contributed by atoms with E-state index in [9.17, 15) is 19.5 Å². The monoisotopic (exact) mass is 299 g/mol. The largest absolute Gasteiger partial charge is 0.480 e. The van der Waals surface area contributed by atoms with Gasteiger partial charge in [-0.2, -0.15) is 0 Å². The average Bonchev–Trinajstić information content (AvgIpc) is 2.33. The number of carbonyl (C=O) groups excluding carboxylic acids is 2. The first-order valence-corrected chi connectivity index (χ1v) is 7.13. The molecule has 1 aliphatic heterocycles. The van der Waals surface area contributed by atoms with E-state index in [4.69, 9.17) is 5.73 Å². The molecule has 1 heterocycles. The van der Waals surface area contributed by atoms with Gasteiger partial charge in [-0.3, -0.25) is 4.79 Å². The van der Waals surface area contributed by atoms with E-state index in [1.165, 1.54) is 4.90 Å². The molecule has 7 heteroatoms. The van der Waals surface area contributed by atoms with Gasteiger partial charge in [0.2, 0.25) is 5.91 Å². The molecule has 1 aliphatic rings. The number of carboxylic acids is 1. The number of primary amides is 1. The highest BCUT2D eigenvalue weighted by Gasteiger charge is 2.37. The second kappa shape index (κ2) is 6.32. The number of nitrogens with two attached hydrogens (primary N) is 1. The summed E-state index contributed by atoms with van der Waals surface area (Å²) in [4.78, 5) is 36.4. The molecule has 21 heavy (non-hydrogen) atoms. The molecule has 3 amide bonds. The number of carbonyl (C=O) groups is 3. The second-order valence-corrected chi connectivity index (χ2v) is 6.76. The number of nitrogens with zero attached hydrogens (tertiary/aromatic N) is 1. The van der Waals surface area contributed by atoms with Gasteiger partial charge < -0.3 is 21.1 Å². The lowest BCUT2D eigenvalue weighted by Gasteiger charge is -2.38. The van der Waals surface area contributed by atoms with Gasteiger partial charge in [-0.15, -0.1) is 0 Å². The first kappa shape index (κ1) is 17.3. The molecule has 0 saturated carbocycles. The minimum atomic E-state index is -1.08. The maximum atomic E-state index is 12.3. The minimum Gasteiger partial charge on any atom is -0.480 e. The Morgan fingerprint density at radius 1 is 1.29 bits per heavy atom. The Morgan fingerprint density at radius 3 is 2.29 bits per heavy atom.